The Balaban J connectivity index is 0.00000364. The first-order valence-corrected chi connectivity index (χ1v) is 9.05. The van der Waals surface area contributed by atoms with Gasteiger partial charge in [-0.1, -0.05) is 48.9 Å². The Bertz CT molecular complexity index is 735. The molecule has 27 heavy (non-hydrogen) atoms. The molecule has 148 valence electrons. The highest BCUT2D eigenvalue weighted by molar-refractivity contribution is 14.0. The van der Waals surface area contributed by atoms with Crippen molar-refractivity contribution in [1.29, 1.82) is 0 Å². The zero-order valence-electron chi connectivity index (χ0n) is 16.8. The number of halogens is 1. The van der Waals surface area contributed by atoms with Crippen molar-refractivity contribution >= 4 is 29.9 Å². The second kappa shape index (κ2) is 11.7. The van der Waals surface area contributed by atoms with E-state index in [9.17, 15) is 0 Å². The van der Waals surface area contributed by atoms with Crippen LogP contribution in [0.2, 0.25) is 0 Å². The van der Waals surface area contributed by atoms with E-state index in [-0.39, 0.29) is 24.0 Å². The lowest BCUT2D eigenvalue weighted by Gasteiger charge is -2.23. The predicted molar refractivity (Wildman–Crippen MR) is 123 cm³/mol. The highest BCUT2D eigenvalue weighted by Crippen LogP contribution is 2.06. The van der Waals surface area contributed by atoms with Crippen LogP contribution in [0.4, 0.5) is 0 Å². The SMILES string of the molecule is C=C(C)CN=C(NCCn1cnnc1CC)N(C)Cc1ccc(C)cc1.I. The first-order chi connectivity index (χ1) is 12.5. The predicted octanol–water partition coefficient (Wildman–Crippen LogP) is 3.42. The number of rotatable bonds is 8. The van der Waals surface area contributed by atoms with E-state index in [0.29, 0.717) is 6.54 Å². The highest BCUT2D eigenvalue weighted by atomic mass is 127. The summed E-state index contributed by atoms with van der Waals surface area (Å²) in [5.74, 6) is 1.87. The van der Waals surface area contributed by atoms with E-state index in [1.54, 1.807) is 6.33 Å². The van der Waals surface area contributed by atoms with Gasteiger partial charge in [0.2, 0.25) is 0 Å². The smallest absolute Gasteiger partial charge is 0.194 e. The summed E-state index contributed by atoms with van der Waals surface area (Å²) in [5, 5.41) is 11.6. The van der Waals surface area contributed by atoms with Crippen LogP contribution in [0.1, 0.15) is 30.8 Å². The van der Waals surface area contributed by atoms with Gasteiger partial charge in [0.05, 0.1) is 6.54 Å². The number of guanidine groups is 1. The Labute approximate surface area is 179 Å². The third-order valence-electron chi connectivity index (χ3n) is 4.05. The number of benzene rings is 1. The fraction of sp³-hybridized carbons (Fsp3) is 0.450. The lowest BCUT2D eigenvalue weighted by Crippen LogP contribution is -2.40. The number of aryl methyl sites for hydroxylation is 2. The van der Waals surface area contributed by atoms with E-state index in [0.717, 1.165) is 43.4 Å². The van der Waals surface area contributed by atoms with Crippen molar-refractivity contribution in [2.75, 3.05) is 20.1 Å². The average Bonchev–Trinajstić information content (AvgIpc) is 3.07. The molecule has 0 radical (unpaired) electrons. The van der Waals surface area contributed by atoms with Crippen LogP contribution in [0, 0.1) is 6.92 Å². The normalized spacial score (nSPS) is 11.0. The fourth-order valence-corrected chi connectivity index (χ4v) is 2.59. The summed E-state index contributed by atoms with van der Waals surface area (Å²) in [7, 11) is 2.06. The van der Waals surface area contributed by atoms with Gasteiger partial charge < -0.3 is 14.8 Å². The Morgan fingerprint density at radius 3 is 2.63 bits per heavy atom. The molecule has 1 N–H and O–H groups in total. The maximum atomic E-state index is 4.69. The number of nitrogens with one attached hydrogen (secondary N) is 1. The van der Waals surface area contributed by atoms with E-state index in [1.807, 2.05) is 6.92 Å². The van der Waals surface area contributed by atoms with Crippen LogP contribution < -0.4 is 5.32 Å². The number of hydrogen-bond donors (Lipinski definition) is 1. The number of aliphatic imine (C=N–C) groups is 1. The molecule has 0 aliphatic carbocycles. The van der Waals surface area contributed by atoms with Gasteiger partial charge in [-0.2, -0.15) is 0 Å². The molecule has 1 heterocycles. The third kappa shape index (κ3) is 7.70. The van der Waals surface area contributed by atoms with Crippen molar-refractivity contribution in [3.05, 3.63) is 59.7 Å². The molecule has 0 aliphatic rings. The monoisotopic (exact) mass is 482 g/mol. The molecule has 0 bridgehead atoms. The molecule has 1 aromatic carbocycles. The molecule has 0 aliphatic heterocycles. The van der Waals surface area contributed by atoms with Crippen molar-refractivity contribution < 1.29 is 0 Å². The van der Waals surface area contributed by atoms with Crippen molar-refractivity contribution in [3.63, 3.8) is 0 Å². The van der Waals surface area contributed by atoms with Gasteiger partial charge >= 0.3 is 0 Å². The fourth-order valence-electron chi connectivity index (χ4n) is 2.59. The standard InChI is InChI=1S/C20H30N6.HI/c1-6-19-24-23-15-26(19)12-11-21-20(22-13-16(2)3)25(5)14-18-9-7-17(4)8-10-18;/h7-10,15H,2,6,11-14H2,1,3-5H3,(H,21,22);1H. The van der Waals surface area contributed by atoms with E-state index in [2.05, 4.69) is 81.7 Å². The second-order valence-electron chi connectivity index (χ2n) is 6.66. The summed E-state index contributed by atoms with van der Waals surface area (Å²) in [6, 6.07) is 8.60. The summed E-state index contributed by atoms with van der Waals surface area (Å²) in [6.07, 6.45) is 2.66. The van der Waals surface area contributed by atoms with Crippen LogP contribution in [0.5, 0.6) is 0 Å². The molecule has 2 rings (SSSR count). The van der Waals surface area contributed by atoms with Gasteiger partial charge in [0.15, 0.2) is 5.96 Å². The quantitative estimate of drug-likeness (QED) is 0.271. The molecular formula is C20H31IN6. The van der Waals surface area contributed by atoms with Crippen molar-refractivity contribution in [1.82, 2.24) is 25.0 Å². The van der Waals surface area contributed by atoms with Crippen molar-refractivity contribution in [2.24, 2.45) is 4.99 Å². The largest absolute Gasteiger partial charge is 0.354 e. The van der Waals surface area contributed by atoms with Gasteiger partial charge in [0, 0.05) is 33.1 Å². The van der Waals surface area contributed by atoms with Gasteiger partial charge in [-0.3, -0.25) is 0 Å². The molecular weight excluding hydrogens is 451 g/mol. The first-order valence-electron chi connectivity index (χ1n) is 9.05. The van der Waals surface area contributed by atoms with E-state index < -0.39 is 0 Å². The molecule has 0 amide bonds. The zero-order chi connectivity index (χ0) is 18.9. The van der Waals surface area contributed by atoms with Crippen LogP contribution in [0.3, 0.4) is 0 Å². The molecule has 0 saturated carbocycles. The summed E-state index contributed by atoms with van der Waals surface area (Å²) in [4.78, 5) is 6.83. The van der Waals surface area contributed by atoms with Crippen LogP contribution in [0.25, 0.3) is 0 Å². The second-order valence-corrected chi connectivity index (χ2v) is 6.66. The lowest BCUT2D eigenvalue weighted by molar-refractivity contribution is 0.471. The Hall–Kier alpha value is -1.90. The van der Waals surface area contributed by atoms with Crippen LogP contribution in [0.15, 0.2) is 47.7 Å². The number of nitrogens with zero attached hydrogens (tertiary/aromatic N) is 5. The molecule has 6 nitrogen and oxygen atoms in total. The third-order valence-corrected chi connectivity index (χ3v) is 4.05. The minimum Gasteiger partial charge on any atom is -0.354 e. The van der Waals surface area contributed by atoms with Crippen LogP contribution in [-0.2, 0) is 19.5 Å². The number of hydrogen-bond acceptors (Lipinski definition) is 3. The molecule has 0 spiro atoms. The Morgan fingerprint density at radius 2 is 2.00 bits per heavy atom. The van der Waals surface area contributed by atoms with E-state index in [1.165, 1.54) is 11.1 Å². The summed E-state index contributed by atoms with van der Waals surface area (Å²) in [5.41, 5.74) is 3.57. The molecule has 0 atom stereocenters. The molecule has 0 fully saturated rings. The van der Waals surface area contributed by atoms with Gasteiger partial charge in [-0.05, 0) is 19.4 Å². The molecule has 0 unspecified atom stereocenters. The Morgan fingerprint density at radius 1 is 1.30 bits per heavy atom. The van der Waals surface area contributed by atoms with Gasteiger partial charge in [0.25, 0.3) is 0 Å². The van der Waals surface area contributed by atoms with E-state index >= 15 is 0 Å². The summed E-state index contributed by atoms with van der Waals surface area (Å²) >= 11 is 0. The summed E-state index contributed by atoms with van der Waals surface area (Å²) in [6.45, 7) is 13.1. The van der Waals surface area contributed by atoms with Gasteiger partial charge in [0.1, 0.15) is 12.2 Å². The summed E-state index contributed by atoms with van der Waals surface area (Å²) < 4.78 is 2.07. The zero-order valence-corrected chi connectivity index (χ0v) is 19.1. The van der Waals surface area contributed by atoms with Crippen molar-refractivity contribution in [2.45, 2.75) is 40.3 Å². The highest BCUT2D eigenvalue weighted by Gasteiger charge is 2.08. The average molecular weight is 482 g/mol. The van der Waals surface area contributed by atoms with Gasteiger partial charge in [-0.25, -0.2) is 4.99 Å². The Kier molecular flexibility index (Phi) is 10.1. The van der Waals surface area contributed by atoms with Crippen LogP contribution in [-0.4, -0.2) is 45.8 Å². The number of aromatic nitrogens is 3. The lowest BCUT2D eigenvalue weighted by atomic mass is 10.1. The van der Waals surface area contributed by atoms with Crippen LogP contribution >= 0.6 is 24.0 Å². The maximum absolute atomic E-state index is 4.69. The maximum Gasteiger partial charge on any atom is 0.194 e. The first kappa shape index (κ1) is 23.1. The topological polar surface area (TPSA) is 58.3 Å². The van der Waals surface area contributed by atoms with E-state index in [4.69, 9.17) is 0 Å². The van der Waals surface area contributed by atoms with Crippen molar-refractivity contribution in [3.8, 4) is 0 Å². The van der Waals surface area contributed by atoms with Gasteiger partial charge in [-0.15, -0.1) is 34.2 Å². The minimum atomic E-state index is 0. The minimum absolute atomic E-state index is 0. The molecule has 0 saturated heterocycles. The molecule has 1 aromatic heterocycles. The molecule has 2 aromatic rings. The molecule has 7 heteroatoms.